The number of rotatable bonds is 7. The van der Waals surface area contributed by atoms with E-state index in [2.05, 4.69) is 9.98 Å². The maximum Gasteiger partial charge on any atom is 0.166 e. The zero-order valence-electron chi connectivity index (χ0n) is 19.7. The predicted molar refractivity (Wildman–Crippen MR) is 135 cm³/mol. The first-order valence-corrected chi connectivity index (χ1v) is 11.2. The second kappa shape index (κ2) is 10.0. The van der Waals surface area contributed by atoms with Gasteiger partial charge in [0.25, 0.3) is 0 Å². The van der Waals surface area contributed by atoms with E-state index in [9.17, 15) is 4.39 Å². The van der Waals surface area contributed by atoms with Gasteiger partial charge in [-0.05, 0) is 35.9 Å². The molecule has 5 rings (SSSR count). The number of hydrogen-bond donors (Lipinski definition) is 0. The number of halogens is 2. The van der Waals surface area contributed by atoms with Gasteiger partial charge in [0.05, 0.1) is 19.7 Å². The molecule has 8 heteroatoms. The highest BCUT2D eigenvalue weighted by molar-refractivity contribution is 6.10. The van der Waals surface area contributed by atoms with Crippen LogP contribution in [0.4, 0.5) is 8.78 Å². The van der Waals surface area contributed by atoms with Gasteiger partial charge in [-0.1, -0.05) is 24.3 Å². The topological polar surface area (TPSA) is 56.2 Å². The van der Waals surface area contributed by atoms with Crippen LogP contribution in [0.25, 0.3) is 16.5 Å². The first kappa shape index (κ1) is 23.3. The van der Waals surface area contributed by atoms with Gasteiger partial charge >= 0.3 is 0 Å². The fraction of sp³-hybridized carbons (Fsp3) is 0.143. The summed E-state index contributed by atoms with van der Waals surface area (Å²) < 4.78 is 45.8. The Morgan fingerprint density at radius 1 is 0.861 bits per heavy atom. The summed E-state index contributed by atoms with van der Waals surface area (Å²) in [5, 5.41) is 0.657. The van der Waals surface area contributed by atoms with Crippen LogP contribution in [0.5, 0.6) is 23.0 Å². The van der Waals surface area contributed by atoms with Crippen molar-refractivity contribution >= 4 is 22.7 Å². The molecule has 0 radical (unpaired) electrons. The van der Waals surface area contributed by atoms with Crippen molar-refractivity contribution in [2.24, 2.45) is 4.99 Å². The van der Waals surface area contributed by atoms with Gasteiger partial charge < -0.3 is 19.1 Å². The minimum absolute atomic E-state index is 0.0672. The molecule has 0 amide bonds. The number of hydrogen-bond acceptors (Lipinski definition) is 6. The van der Waals surface area contributed by atoms with E-state index in [1.165, 1.54) is 12.1 Å². The Labute approximate surface area is 207 Å². The first-order valence-electron chi connectivity index (χ1n) is 11.2. The van der Waals surface area contributed by atoms with E-state index in [-0.39, 0.29) is 11.6 Å². The van der Waals surface area contributed by atoms with Gasteiger partial charge in [-0.2, -0.15) is 0 Å². The molecule has 0 spiro atoms. The number of allylic oxidation sites excluding steroid dienone is 1. The summed E-state index contributed by atoms with van der Waals surface area (Å²) in [5.74, 6) is 0.756. The third-order valence-corrected chi connectivity index (χ3v) is 5.84. The molecule has 0 unspecified atom stereocenters. The van der Waals surface area contributed by atoms with Gasteiger partial charge in [0.2, 0.25) is 0 Å². The van der Waals surface area contributed by atoms with E-state index < -0.39 is 5.82 Å². The zero-order chi connectivity index (χ0) is 25.1. The summed E-state index contributed by atoms with van der Waals surface area (Å²) in [6.45, 7) is 0.755. The molecule has 0 fully saturated rings. The van der Waals surface area contributed by atoms with Gasteiger partial charge in [-0.3, -0.25) is 9.98 Å². The standard InChI is InChI=1S/C28H23F2N3O3/c1-34-27-12-21-24(13-28(27)35-2)32-10-9-25(21)36-26-8-7-18(11-23(26)30)20-14-31-17-33(16-20)15-19-5-3-4-6-22(19)29/h3-14,16H,15,17H2,1-2H3. The molecule has 3 aromatic carbocycles. The molecule has 4 aromatic rings. The van der Waals surface area contributed by atoms with Crippen molar-refractivity contribution in [2.45, 2.75) is 6.54 Å². The summed E-state index contributed by atoms with van der Waals surface area (Å²) in [4.78, 5) is 10.6. The maximum atomic E-state index is 15.1. The highest BCUT2D eigenvalue weighted by Crippen LogP contribution is 2.37. The van der Waals surface area contributed by atoms with Crippen molar-refractivity contribution in [3.8, 4) is 23.0 Å². The molecule has 2 heterocycles. The Morgan fingerprint density at radius 2 is 1.67 bits per heavy atom. The second-order valence-corrected chi connectivity index (χ2v) is 8.16. The number of nitrogens with zero attached hydrogens (tertiary/aromatic N) is 3. The lowest BCUT2D eigenvalue weighted by atomic mass is 10.1. The summed E-state index contributed by atoms with van der Waals surface area (Å²) in [6.07, 6.45) is 5.12. The van der Waals surface area contributed by atoms with Crippen LogP contribution in [0, 0.1) is 11.6 Å². The molecule has 6 nitrogen and oxygen atoms in total. The molecule has 1 aromatic heterocycles. The predicted octanol–water partition coefficient (Wildman–Crippen LogP) is 6.21. The number of aliphatic imine (C=N–C) groups is 1. The van der Waals surface area contributed by atoms with E-state index in [4.69, 9.17) is 14.2 Å². The Balaban J connectivity index is 1.40. The van der Waals surface area contributed by atoms with Crippen LogP contribution >= 0.6 is 0 Å². The molecular weight excluding hydrogens is 464 g/mol. The monoisotopic (exact) mass is 487 g/mol. The quantitative estimate of drug-likeness (QED) is 0.310. The number of aromatic nitrogens is 1. The average Bonchev–Trinajstić information content (AvgIpc) is 2.90. The molecule has 0 N–H and O–H groups in total. The van der Waals surface area contributed by atoms with E-state index >= 15 is 4.39 Å². The van der Waals surface area contributed by atoms with Crippen LogP contribution < -0.4 is 14.2 Å². The third-order valence-electron chi connectivity index (χ3n) is 5.84. The molecule has 0 bridgehead atoms. The number of fused-ring (bicyclic) bond motifs is 1. The number of ether oxygens (including phenoxy) is 3. The molecule has 0 saturated heterocycles. The van der Waals surface area contributed by atoms with Crippen LogP contribution in [-0.4, -0.2) is 37.0 Å². The fourth-order valence-electron chi connectivity index (χ4n) is 4.02. The van der Waals surface area contributed by atoms with Gasteiger partial charge in [-0.15, -0.1) is 0 Å². The van der Waals surface area contributed by atoms with E-state index in [1.807, 2.05) is 11.1 Å². The lowest BCUT2D eigenvalue weighted by molar-refractivity contribution is 0.355. The van der Waals surface area contributed by atoms with Crippen molar-refractivity contribution < 1.29 is 23.0 Å². The Kier molecular flexibility index (Phi) is 6.49. The van der Waals surface area contributed by atoms with Crippen LogP contribution in [-0.2, 0) is 6.54 Å². The molecule has 0 saturated carbocycles. The van der Waals surface area contributed by atoms with Gasteiger partial charge in [0.15, 0.2) is 23.1 Å². The van der Waals surface area contributed by atoms with Crippen molar-refractivity contribution in [3.63, 3.8) is 0 Å². The van der Waals surface area contributed by atoms with Crippen LogP contribution in [0.3, 0.4) is 0 Å². The molecule has 1 aliphatic rings. The van der Waals surface area contributed by atoms with E-state index in [1.54, 1.807) is 75.2 Å². The van der Waals surface area contributed by atoms with Crippen molar-refractivity contribution in [3.05, 3.63) is 95.8 Å². The highest BCUT2D eigenvalue weighted by atomic mass is 19.1. The van der Waals surface area contributed by atoms with Gasteiger partial charge in [-0.25, -0.2) is 8.78 Å². The molecule has 1 aliphatic heterocycles. The normalized spacial score (nSPS) is 13.0. The Morgan fingerprint density at radius 3 is 2.44 bits per heavy atom. The van der Waals surface area contributed by atoms with Crippen molar-refractivity contribution in [1.82, 2.24) is 9.88 Å². The molecule has 0 aliphatic carbocycles. The van der Waals surface area contributed by atoms with Gasteiger partial charge in [0, 0.05) is 47.7 Å². The van der Waals surface area contributed by atoms with E-state index in [0.29, 0.717) is 58.1 Å². The third kappa shape index (κ3) is 4.70. The van der Waals surface area contributed by atoms with E-state index in [0.717, 1.165) is 0 Å². The molecular formula is C28H23F2N3O3. The summed E-state index contributed by atoms with van der Waals surface area (Å²) in [6, 6.07) is 16.5. The molecule has 182 valence electrons. The number of benzene rings is 3. The zero-order valence-corrected chi connectivity index (χ0v) is 19.7. The number of pyridine rings is 1. The average molecular weight is 488 g/mol. The Hall–Kier alpha value is -4.46. The fourth-order valence-corrected chi connectivity index (χ4v) is 4.02. The Bertz CT molecular complexity index is 1490. The summed E-state index contributed by atoms with van der Waals surface area (Å²) >= 11 is 0. The van der Waals surface area contributed by atoms with Crippen molar-refractivity contribution in [1.29, 1.82) is 0 Å². The highest BCUT2D eigenvalue weighted by Gasteiger charge is 2.15. The molecule has 36 heavy (non-hydrogen) atoms. The van der Waals surface area contributed by atoms with Crippen LogP contribution in [0.15, 0.2) is 78.1 Å². The SMILES string of the molecule is COc1cc2nccc(Oc3ccc(C4=CN(Cc5ccccc5F)CN=C4)cc3F)c2cc1OC. The lowest BCUT2D eigenvalue weighted by Crippen LogP contribution is -2.21. The summed E-state index contributed by atoms with van der Waals surface area (Å²) in [7, 11) is 3.09. The largest absolute Gasteiger partial charge is 0.493 e. The summed E-state index contributed by atoms with van der Waals surface area (Å²) in [5.41, 5.74) is 2.54. The van der Waals surface area contributed by atoms with Crippen LogP contribution in [0.1, 0.15) is 11.1 Å². The van der Waals surface area contributed by atoms with Gasteiger partial charge in [0.1, 0.15) is 18.2 Å². The van der Waals surface area contributed by atoms with Crippen LogP contribution in [0.2, 0.25) is 0 Å². The maximum absolute atomic E-state index is 15.1. The second-order valence-electron chi connectivity index (χ2n) is 8.16. The van der Waals surface area contributed by atoms with Crippen molar-refractivity contribution in [2.75, 3.05) is 20.9 Å². The minimum Gasteiger partial charge on any atom is -0.493 e. The lowest BCUT2D eigenvalue weighted by Gasteiger charge is -2.23. The smallest absolute Gasteiger partial charge is 0.166 e. The minimum atomic E-state index is -0.529. The molecule has 0 atom stereocenters. The first-order chi connectivity index (χ1) is 17.6. The number of methoxy groups -OCH3 is 2.